The van der Waals surface area contributed by atoms with E-state index in [1.54, 1.807) is 72.8 Å². The van der Waals surface area contributed by atoms with Crippen LogP contribution < -0.4 is 15.4 Å². The number of carboxylic acid groups (broad SMARTS) is 1. The molecule has 1 aromatic heterocycles. The fourth-order valence-corrected chi connectivity index (χ4v) is 4.12. The Bertz CT molecular complexity index is 1440. The van der Waals surface area contributed by atoms with Gasteiger partial charge < -0.3 is 20.5 Å². The summed E-state index contributed by atoms with van der Waals surface area (Å²) in [5.41, 5.74) is 1.33. The summed E-state index contributed by atoms with van der Waals surface area (Å²) in [5, 5.41) is 15.4. The Balaban J connectivity index is 1.43. The molecule has 2 amide bonds. The maximum atomic E-state index is 13.0. The van der Waals surface area contributed by atoms with Crippen LogP contribution in [0.3, 0.4) is 0 Å². The molecule has 0 radical (unpaired) electrons. The lowest BCUT2D eigenvalue weighted by Crippen LogP contribution is -2.42. The highest BCUT2D eigenvalue weighted by molar-refractivity contribution is 6.40. The quantitative estimate of drug-likeness (QED) is 0.240. The fraction of sp³-hybridized carbons (Fsp3) is 0.0714. The highest BCUT2D eigenvalue weighted by Crippen LogP contribution is 2.26. The average Bonchev–Trinajstić information content (AvgIpc) is 2.90. The van der Waals surface area contributed by atoms with Gasteiger partial charge in [-0.2, -0.15) is 0 Å². The smallest absolute Gasteiger partial charge is 0.326 e. The molecule has 0 saturated heterocycles. The standard InChI is InChI=1S/C28H21Cl2N3O5/c29-21-9-4-10-22(30)24(21)26(35)32-18-13-11-17(12-14-18)16-23(28(36)37)33-25(34)20-8-5-15-31-27(20)38-19-6-2-1-3-7-19/h1-15,23H,16H2,(H,32,35)(H,33,34)(H,36,37)/t23-/m0/s1. The lowest BCUT2D eigenvalue weighted by Gasteiger charge is -2.16. The van der Waals surface area contributed by atoms with Crippen molar-refractivity contribution >= 4 is 46.7 Å². The molecule has 3 aromatic carbocycles. The number of rotatable bonds is 9. The van der Waals surface area contributed by atoms with E-state index in [4.69, 9.17) is 27.9 Å². The summed E-state index contributed by atoms with van der Waals surface area (Å²) in [5.74, 6) is -1.79. The van der Waals surface area contributed by atoms with Crippen molar-refractivity contribution in [2.45, 2.75) is 12.5 Å². The van der Waals surface area contributed by atoms with Crippen molar-refractivity contribution in [1.82, 2.24) is 10.3 Å². The summed E-state index contributed by atoms with van der Waals surface area (Å²) in [4.78, 5) is 41.6. The van der Waals surface area contributed by atoms with Gasteiger partial charge in [-0.15, -0.1) is 0 Å². The van der Waals surface area contributed by atoms with Crippen molar-refractivity contribution in [3.8, 4) is 11.6 Å². The normalized spacial score (nSPS) is 11.3. The first-order valence-corrected chi connectivity index (χ1v) is 12.1. The van der Waals surface area contributed by atoms with Crippen LogP contribution in [0.15, 0.2) is 91.1 Å². The molecule has 1 atom stereocenters. The number of carbonyl (C=O) groups excluding carboxylic acids is 2. The number of carbonyl (C=O) groups is 3. The summed E-state index contributed by atoms with van der Waals surface area (Å²) in [6, 6.07) is 22.0. The van der Waals surface area contributed by atoms with Gasteiger partial charge in [-0.25, -0.2) is 9.78 Å². The molecule has 0 fully saturated rings. The number of aliphatic carboxylic acids is 1. The van der Waals surface area contributed by atoms with Crippen LogP contribution in [-0.2, 0) is 11.2 Å². The topological polar surface area (TPSA) is 118 Å². The molecule has 0 unspecified atom stereocenters. The molecule has 0 saturated carbocycles. The number of benzene rings is 3. The van der Waals surface area contributed by atoms with E-state index >= 15 is 0 Å². The number of amides is 2. The van der Waals surface area contributed by atoms with Crippen molar-refractivity contribution in [2.75, 3.05) is 5.32 Å². The molecule has 3 N–H and O–H groups in total. The molecule has 4 rings (SSSR count). The Morgan fingerprint density at radius 1 is 0.842 bits per heavy atom. The van der Waals surface area contributed by atoms with Gasteiger partial charge in [0.2, 0.25) is 5.88 Å². The van der Waals surface area contributed by atoms with Crippen molar-refractivity contribution in [3.05, 3.63) is 118 Å². The molecular weight excluding hydrogens is 529 g/mol. The van der Waals surface area contributed by atoms with Gasteiger partial charge in [0.1, 0.15) is 17.4 Å². The fourth-order valence-electron chi connectivity index (χ4n) is 3.55. The molecule has 0 aliphatic carbocycles. The van der Waals surface area contributed by atoms with E-state index in [-0.39, 0.29) is 33.5 Å². The van der Waals surface area contributed by atoms with Crippen LogP contribution in [0.2, 0.25) is 10.0 Å². The summed E-state index contributed by atoms with van der Waals surface area (Å²) in [7, 11) is 0. The molecule has 0 aliphatic rings. The third-order valence-corrected chi connectivity index (χ3v) is 6.05. The van der Waals surface area contributed by atoms with Gasteiger partial charge in [0.15, 0.2) is 0 Å². The van der Waals surface area contributed by atoms with Crippen LogP contribution in [0, 0.1) is 0 Å². The predicted molar refractivity (Wildman–Crippen MR) is 144 cm³/mol. The second-order valence-corrected chi connectivity index (χ2v) is 8.90. The van der Waals surface area contributed by atoms with Crippen LogP contribution in [-0.4, -0.2) is 33.9 Å². The minimum atomic E-state index is -1.23. The molecule has 0 bridgehead atoms. The number of para-hydroxylation sites is 1. The number of aromatic nitrogens is 1. The van der Waals surface area contributed by atoms with Crippen LogP contribution in [0.25, 0.3) is 0 Å². The number of nitrogens with zero attached hydrogens (tertiary/aromatic N) is 1. The lowest BCUT2D eigenvalue weighted by atomic mass is 10.0. The summed E-state index contributed by atoms with van der Waals surface area (Å²) < 4.78 is 5.71. The number of carboxylic acids is 1. The van der Waals surface area contributed by atoms with Gasteiger partial charge >= 0.3 is 5.97 Å². The van der Waals surface area contributed by atoms with Gasteiger partial charge in [0, 0.05) is 18.3 Å². The Kier molecular flexibility index (Phi) is 8.58. The van der Waals surface area contributed by atoms with E-state index in [1.165, 1.54) is 12.3 Å². The van der Waals surface area contributed by atoms with Crippen LogP contribution >= 0.6 is 23.2 Å². The van der Waals surface area contributed by atoms with Gasteiger partial charge in [-0.1, -0.05) is 59.6 Å². The first-order chi connectivity index (χ1) is 18.3. The van der Waals surface area contributed by atoms with Crippen molar-refractivity contribution in [3.63, 3.8) is 0 Å². The van der Waals surface area contributed by atoms with Crippen LogP contribution in [0.5, 0.6) is 11.6 Å². The van der Waals surface area contributed by atoms with Gasteiger partial charge in [0.05, 0.1) is 15.6 Å². The number of ether oxygens (including phenoxy) is 1. The molecule has 4 aromatic rings. The summed E-state index contributed by atoms with van der Waals surface area (Å²) >= 11 is 12.2. The van der Waals surface area contributed by atoms with Crippen molar-refractivity contribution in [2.24, 2.45) is 0 Å². The number of halogens is 2. The third kappa shape index (κ3) is 6.67. The average molecular weight is 550 g/mol. The monoisotopic (exact) mass is 549 g/mol. The molecule has 8 nitrogen and oxygen atoms in total. The maximum absolute atomic E-state index is 13.0. The van der Waals surface area contributed by atoms with E-state index in [1.807, 2.05) is 6.07 Å². The van der Waals surface area contributed by atoms with Crippen molar-refractivity contribution < 1.29 is 24.2 Å². The Labute approximate surface area is 228 Å². The predicted octanol–water partition coefficient (Wildman–Crippen LogP) is 5.86. The van der Waals surface area contributed by atoms with E-state index < -0.39 is 23.8 Å². The summed E-state index contributed by atoms with van der Waals surface area (Å²) in [6.07, 6.45) is 1.48. The van der Waals surface area contributed by atoms with E-state index in [9.17, 15) is 19.5 Å². The first kappa shape index (κ1) is 26.7. The minimum Gasteiger partial charge on any atom is -0.480 e. The maximum Gasteiger partial charge on any atom is 0.326 e. The molecule has 192 valence electrons. The number of hydrogen-bond acceptors (Lipinski definition) is 5. The first-order valence-electron chi connectivity index (χ1n) is 11.4. The molecule has 1 heterocycles. The number of hydrogen-bond donors (Lipinski definition) is 3. The Morgan fingerprint density at radius 3 is 2.18 bits per heavy atom. The van der Waals surface area contributed by atoms with Crippen LogP contribution in [0.1, 0.15) is 26.3 Å². The van der Waals surface area contributed by atoms with E-state index in [0.717, 1.165) is 0 Å². The molecule has 0 aliphatic heterocycles. The zero-order valence-corrected chi connectivity index (χ0v) is 21.2. The zero-order chi connectivity index (χ0) is 27.1. The lowest BCUT2D eigenvalue weighted by molar-refractivity contribution is -0.139. The molecule has 0 spiro atoms. The molecule has 10 heteroatoms. The van der Waals surface area contributed by atoms with Gasteiger partial charge in [-0.3, -0.25) is 9.59 Å². The third-order valence-electron chi connectivity index (χ3n) is 5.42. The Morgan fingerprint density at radius 2 is 1.53 bits per heavy atom. The number of nitrogens with one attached hydrogen (secondary N) is 2. The van der Waals surface area contributed by atoms with E-state index in [0.29, 0.717) is 17.0 Å². The molecular formula is C28H21Cl2N3O5. The zero-order valence-electron chi connectivity index (χ0n) is 19.7. The number of anilines is 1. The summed E-state index contributed by atoms with van der Waals surface area (Å²) in [6.45, 7) is 0. The molecule has 38 heavy (non-hydrogen) atoms. The van der Waals surface area contributed by atoms with E-state index in [2.05, 4.69) is 15.6 Å². The van der Waals surface area contributed by atoms with Gasteiger partial charge in [0.25, 0.3) is 11.8 Å². The minimum absolute atomic E-state index is 0.000773. The SMILES string of the molecule is O=C(N[C@@H](Cc1ccc(NC(=O)c2c(Cl)cccc2Cl)cc1)C(=O)O)c1cccnc1Oc1ccccc1. The second-order valence-electron chi connectivity index (χ2n) is 8.09. The Hall–Kier alpha value is -4.40. The highest BCUT2D eigenvalue weighted by atomic mass is 35.5. The second kappa shape index (κ2) is 12.2. The largest absolute Gasteiger partial charge is 0.480 e. The van der Waals surface area contributed by atoms with Crippen molar-refractivity contribution in [1.29, 1.82) is 0 Å². The highest BCUT2D eigenvalue weighted by Gasteiger charge is 2.24. The van der Waals surface area contributed by atoms with Gasteiger partial charge in [-0.05, 0) is 54.1 Å². The number of pyridine rings is 1. The van der Waals surface area contributed by atoms with Crippen LogP contribution in [0.4, 0.5) is 5.69 Å².